The van der Waals surface area contributed by atoms with Crippen LogP contribution in [0.5, 0.6) is 5.75 Å². The lowest BCUT2D eigenvalue weighted by atomic mass is 10.0. The molecule has 1 N–H and O–H groups in total. The second-order valence-electron chi connectivity index (χ2n) is 6.21. The van der Waals surface area contributed by atoms with Crippen LogP contribution in [-0.2, 0) is 4.74 Å². The van der Waals surface area contributed by atoms with Crippen molar-refractivity contribution in [3.63, 3.8) is 0 Å². The predicted molar refractivity (Wildman–Crippen MR) is 82.9 cm³/mol. The van der Waals surface area contributed by atoms with Gasteiger partial charge in [0, 0.05) is 32.3 Å². The number of nitrogens with one attached hydrogen (secondary N) is 1. The number of rotatable bonds is 6. The zero-order chi connectivity index (χ0) is 16.1. The molecule has 0 spiro atoms. The molecule has 0 saturated carbocycles. The molecule has 3 rings (SSSR count). The van der Waals surface area contributed by atoms with Gasteiger partial charge in [-0.05, 0) is 37.3 Å². The van der Waals surface area contributed by atoms with Crippen LogP contribution in [-0.4, -0.2) is 55.4 Å². The van der Waals surface area contributed by atoms with Crippen molar-refractivity contribution in [2.75, 3.05) is 38.2 Å². The van der Waals surface area contributed by atoms with E-state index in [4.69, 9.17) is 4.74 Å². The van der Waals surface area contributed by atoms with Crippen LogP contribution in [0.15, 0.2) is 18.3 Å². The van der Waals surface area contributed by atoms with Crippen molar-refractivity contribution >= 4 is 5.82 Å². The maximum Gasteiger partial charge on any atom is 0.387 e. The molecule has 5 nitrogen and oxygen atoms in total. The first-order chi connectivity index (χ1) is 11.2. The first kappa shape index (κ1) is 16.4. The molecular formula is C16H23F2N3O2. The van der Waals surface area contributed by atoms with E-state index in [1.165, 1.54) is 18.7 Å². The molecule has 0 bridgehead atoms. The second-order valence-corrected chi connectivity index (χ2v) is 6.21. The van der Waals surface area contributed by atoms with Gasteiger partial charge < -0.3 is 19.7 Å². The van der Waals surface area contributed by atoms with Crippen LogP contribution in [0.2, 0.25) is 0 Å². The minimum Gasteiger partial charge on any atom is -0.433 e. The van der Waals surface area contributed by atoms with E-state index in [0.29, 0.717) is 17.8 Å². The third-order valence-electron chi connectivity index (χ3n) is 4.44. The van der Waals surface area contributed by atoms with E-state index < -0.39 is 6.61 Å². The summed E-state index contributed by atoms with van der Waals surface area (Å²) in [5.74, 6) is 1.47. The van der Waals surface area contributed by atoms with Crippen LogP contribution in [0.25, 0.3) is 0 Å². The van der Waals surface area contributed by atoms with E-state index in [2.05, 4.69) is 19.9 Å². The van der Waals surface area contributed by atoms with E-state index in [1.807, 2.05) is 0 Å². The predicted octanol–water partition coefficient (Wildman–Crippen LogP) is 2.60. The van der Waals surface area contributed by atoms with Crippen molar-refractivity contribution in [2.45, 2.75) is 31.9 Å². The molecule has 0 aromatic carbocycles. The number of hydrogen-bond acceptors (Lipinski definition) is 5. The Morgan fingerprint density at radius 1 is 1.30 bits per heavy atom. The Morgan fingerprint density at radius 3 is 2.74 bits per heavy atom. The fourth-order valence-corrected chi connectivity index (χ4v) is 3.20. The van der Waals surface area contributed by atoms with Crippen LogP contribution >= 0.6 is 0 Å². The zero-order valence-electron chi connectivity index (χ0n) is 13.1. The van der Waals surface area contributed by atoms with Crippen LogP contribution < -0.4 is 10.1 Å². The summed E-state index contributed by atoms with van der Waals surface area (Å²) in [5.41, 5.74) is 0. The van der Waals surface area contributed by atoms with Crippen LogP contribution in [0.1, 0.15) is 19.3 Å². The summed E-state index contributed by atoms with van der Waals surface area (Å²) in [6.07, 6.45) is 4.62. The number of anilines is 1. The number of aromatic nitrogens is 1. The third-order valence-corrected chi connectivity index (χ3v) is 4.44. The fraction of sp³-hybridized carbons (Fsp3) is 0.688. The lowest BCUT2D eigenvalue weighted by Gasteiger charge is -2.33. The van der Waals surface area contributed by atoms with Gasteiger partial charge in [0.15, 0.2) is 0 Å². The molecule has 7 heteroatoms. The molecule has 3 heterocycles. The standard InChI is InChI=1S/C16H23F2N3O2/c17-16(18)23-14-1-2-15(19-9-14)20-13-3-6-21(7-4-13)10-12-5-8-22-11-12/h1-2,9,12-13,16H,3-8,10-11H2,(H,19,20)/t12-/m1/s1. The number of alkyl halides is 2. The van der Waals surface area contributed by atoms with Gasteiger partial charge in [-0.3, -0.25) is 0 Å². The lowest BCUT2D eigenvalue weighted by Crippen LogP contribution is -2.41. The molecule has 0 radical (unpaired) electrons. The van der Waals surface area contributed by atoms with E-state index in [1.54, 1.807) is 6.07 Å². The Bertz CT molecular complexity index is 473. The minimum atomic E-state index is -2.81. The number of likely N-dealkylation sites (tertiary alicyclic amines) is 1. The summed E-state index contributed by atoms with van der Waals surface area (Å²) < 4.78 is 33.9. The molecule has 2 aliphatic rings. The summed E-state index contributed by atoms with van der Waals surface area (Å²) in [6, 6.07) is 3.57. The number of halogens is 2. The van der Waals surface area contributed by atoms with Crippen molar-refractivity contribution < 1.29 is 18.3 Å². The quantitative estimate of drug-likeness (QED) is 0.870. The third kappa shape index (κ3) is 5.00. The second kappa shape index (κ2) is 7.88. The van der Waals surface area contributed by atoms with Crippen LogP contribution in [0.3, 0.4) is 0 Å². The molecule has 1 aromatic rings. The molecular weight excluding hydrogens is 304 g/mol. The highest BCUT2D eigenvalue weighted by Crippen LogP contribution is 2.20. The van der Waals surface area contributed by atoms with Gasteiger partial charge in [0.2, 0.25) is 0 Å². The Labute approximate surface area is 135 Å². The Hall–Kier alpha value is -1.47. The molecule has 0 aliphatic carbocycles. The van der Waals surface area contributed by atoms with E-state index >= 15 is 0 Å². The van der Waals surface area contributed by atoms with Gasteiger partial charge in [-0.25, -0.2) is 4.98 Å². The lowest BCUT2D eigenvalue weighted by molar-refractivity contribution is -0.0500. The summed E-state index contributed by atoms with van der Waals surface area (Å²) in [7, 11) is 0. The van der Waals surface area contributed by atoms with Crippen molar-refractivity contribution in [3.8, 4) is 5.75 Å². The van der Waals surface area contributed by atoms with Crippen LogP contribution in [0, 0.1) is 5.92 Å². The summed E-state index contributed by atoms with van der Waals surface area (Å²) >= 11 is 0. The van der Waals surface area contributed by atoms with Gasteiger partial charge in [-0.2, -0.15) is 8.78 Å². The first-order valence-corrected chi connectivity index (χ1v) is 8.16. The average molecular weight is 327 g/mol. The number of pyridine rings is 1. The Kier molecular flexibility index (Phi) is 5.61. The van der Waals surface area contributed by atoms with Crippen molar-refractivity contribution in [2.24, 2.45) is 5.92 Å². The maximum atomic E-state index is 12.1. The van der Waals surface area contributed by atoms with Crippen molar-refractivity contribution in [1.29, 1.82) is 0 Å². The number of piperidine rings is 1. The largest absolute Gasteiger partial charge is 0.433 e. The molecule has 0 unspecified atom stereocenters. The molecule has 1 aromatic heterocycles. The summed E-state index contributed by atoms with van der Waals surface area (Å²) in [5, 5.41) is 3.37. The van der Waals surface area contributed by atoms with Gasteiger partial charge in [0.1, 0.15) is 11.6 Å². The first-order valence-electron chi connectivity index (χ1n) is 8.16. The van der Waals surface area contributed by atoms with Gasteiger partial charge >= 0.3 is 6.61 Å². The molecule has 0 amide bonds. The molecule has 2 fully saturated rings. The monoisotopic (exact) mass is 327 g/mol. The SMILES string of the molecule is FC(F)Oc1ccc(NC2CCN(C[C@H]3CCOC3)CC2)nc1. The highest BCUT2D eigenvalue weighted by Gasteiger charge is 2.23. The highest BCUT2D eigenvalue weighted by molar-refractivity contribution is 5.38. The van der Waals surface area contributed by atoms with E-state index in [0.717, 1.165) is 45.7 Å². The topological polar surface area (TPSA) is 46.6 Å². The zero-order valence-corrected chi connectivity index (χ0v) is 13.1. The number of hydrogen-bond donors (Lipinski definition) is 1. The molecule has 2 saturated heterocycles. The van der Waals surface area contributed by atoms with Gasteiger partial charge in [0.25, 0.3) is 0 Å². The van der Waals surface area contributed by atoms with Crippen molar-refractivity contribution in [3.05, 3.63) is 18.3 Å². The number of nitrogens with zero attached hydrogens (tertiary/aromatic N) is 2. The summed E-state index contributed by atoms with van der Waals surface area (Å²) in [6.45, 7) is 2.26. The fourth-order valence-electron chi connectivity index (χ4n) is 3.20. The Balaban J connectivity index is 1.41. The molecule has 23 heavy (non-hydrogen) atoms. The Morgan fingerprint density at radius 2 is 2.13 bits per heavy atom. The maximum absolute atomic E-state index is 12.1. The number of ether oxygens (including phenoxy) is 2. The van der Waals surface area contributed by atoms with E-state index in [9.17, 15) is 8.78 Å². The normalized spacial score (nSPS) is 23.3. The highest BCUT2D eigenvalue weighted by atomic mass is 19.3. The van der Waals surface area contributed by atoms with Crippen LogP contribution in [0.4, 0.5) is 14.6 Å². The van der Waals surface area contributed by atoms with Gasteiger partial charge in [-0.1, -0.05) is 0 Å². The van der Waals surface area contributed by atoms with Crippen molar-refractivity contribution in [1.82, 2.24) is 9.88 Å². The molecule has 1 atom stereocenters. The van der Waals surface area contributed by atoms with Gasteiger partial charge in [0.05, 0.1) is 12.8 Å². The van der Waals surface area contributed by atoms with E-state index in [-0.39, 0.29) is 5.75 Å². The molecule has 128 valence electrons. The molecule has 2 aliphatic heterocycles. The smallest absolute Gasteiger partial charge is 0.387 e. The summed E-state index contributed by atoms with van der Waals surface area (Å²) in [4.78, 5) is 6.63. The average Bonchev–Trinajstić information content (AvgIpc) is 3.04. The van der Waals surface area contributed by atoms with Gasteiger partial charge in [-0.15, -0.1) is 0 Å². The minimum absolute atomic E-state index is 0.0825.